The second-order valence-electron chi connectivity index (χ2n) is 6.22. The van der Waals surface area contributed by atoms with Gasteiger partial charge in [-0.1, -0.05) is 0 Å². The first-order valence-corrected chi connectivity index (χ1v) is 8.56. The van der Waals surface area contributed by atoms with E-state index in [2.05, 4.69) is 4.99 Å². The molecule has 1 heterocycles. The van der Waals surface area contributed by atoms with Gasteiger partial charge in [-0.3, -0.25) is 19.5 Å². The van der Waals surface area contributed by atoms with Crippen molar-refractivity contribution < 1.29 is 14.8 Å². The maximum absolute atomic E-state index is 12.4. The normalized spacial score (nSPS) is 11.0. The third-order valence-electron chi connectivity index (χ3n) is 4.10. The van der Waals surface area contributed by atoms with E-state index >= 15 is 0 Å². The summed E-state index contributed by atoms with van der Waals surface area (Å²) in [6.45, 7) is 7.02. The van der Waals surface area contributed by atoms with E-state index in [4.69, 9.17) is 4.74 Å². The van der Waals surface area contributed by atoms with Crippen LogP contribution in [0.2, 0.25) is 0 Å². The van der Waals surface area contributed by atoms with Crippen LogP contribution in [0.5, 0.6) is 11.6 Å². The van der Waals surface area contributed by atoms with Crippen molar-refractivity contribution in [2.24, 2.45) is 4.99 Å². The van der Waals surface area contributed by atoms with Gasteiger partial charge in [-0.2, -0.15) is 5.26 Å². The van der Waals surface area contributed by atoms with Crippen LogP contribution in [-0.2, 0) is 0 Å². The number of nitrogens with zero attached hydrogens (tertiary/aromatic N) is 4. The third kappa shape index (κ3) is 3.86. The van der Waals surface area contributed by atoms with E-state index in [9.17, 15) is 25.3 Å². The molecular formula is C19H20N4O5. The van der Waals surface area contributed by atoms with Crippen molar-refractivity contribution in [1.29, 1.82) is 5.26 Å². The summed E-state index contributed by atoms with van der Waals surface area (Å²) in [5.41, 5.74) is -0.539. The smallest absolute Gasteiger partial charge is 0.298 e. The van der Waals surface area contributed by atoms with Crippen molar-refractivity contribution in [2.45, 2.75) is 33.7 Å². The number of rotatable bonds is 6. The van der Waals surface area contributed by atoms with Gasteiger partial charge in [-0.05, 0) is 45.4 Å². The second kappa shape index (κ2) is 8.35. The predicted octanol–water partition coefficient (Wildman–Crippen LogP) is 3.37. The van der Waals surface area contributed by atoms with E-state index in [1.807, 2.05) is 6.07 Å². The minimum absolute atomic E-state index is 0.0491. The van der Waals surface area contributed by atoms with Crippen LogP contribution in [0.4, 0.5) is 11.4 Å². The molecule has 146 valence electrons. The average molecular weight is 384 g/mol. The molecule has 0 fully saturated rings. The first-order chi connectivity index (χ1) is 13.2. The molecule has 28 heavy (non-hydrogen) atoms. The third-order valence-corrected chi connectivity index (χ3v) is 4.10. The van der Waals surface area contributed by atoms with Crippen LogP contribution in [0.1, 0.15) is 43.5 Å². The number of aliphatic imine (C=N–C) groups is 1. The molecule has 1 aromatic carbocycles. The van der Waals surface area contributed by atoms with Gasteiger partial charge in [-0.15, -0.1) is 0 Å². The summed E-state index contributed by atoms with van der Waals surface area (Å²) >= 11 is 0. The highest BCUT2D eigenvalue weighted by molar-refractivity contribution is 5.88. The molecule has 0 amide bonds. The molecule has 0 unspecified atom stereocenters. The van der Waals surface area contributed by atoms with Crippen LogP contribution in [0.25, 0.3) is 0 Å². The average Bonchev–Trinajstić information content (AvgIpc) is 2.62. The van der Waals surface area contributed by atoms with Crippen molar-refractivity contribution in [1.82, 2.24) is 4.57 Å². The molecule has 0 saturated heterocycles. The second-order valence-corrected chi connectivity index (χ2v) is 6.22. The van der Waals surface area contributed by atoms with Gasteiger partial charge >= 0.3 is 0 Å². The Morgan fingerprint density at radius 2 is 2.14 bits per heavy atom. The SMILES string of the molecule is CCOc1ccc(N=Cc2c(C)c(C#N)c(=O)n(C(C)C)c2O)c([N+](=O)[O-])c1. The van der Waals surface area contributed by atoms with Crippen molar-refractivity contribution in [2.75, 3.05) is 6.61 Å². The summed E-state index contributed by atoms with van der Waals surface area (Å²) < 4.78 is 6.35. The van der Waals surface area contributed by atoms with Crippen LogP contribution in [0.15, 0.2) is 28.0 Å². The molecule has 0 bridgehead atoms. The molecule has 0 aliphatic heterocycles. The molecule has 1 aromatic heterocycles. The molecule has 0 aliphatic rings. The fraction of sp³-hybridized carbons (Fsp3) is 0.316. The zero-order valence-electron chi connectivity index (χ0n) is 16.0. The summed E-state index contributed by atoms with van der Waals surface area (Å²) in [7, 11) is 0. The summed E-state index contributed by atoms with van der Waals surface area (Å²) in [6, 6.07) is 5.68. The standard InChI is InChI=1S/C19H20N4O5/c1-5-28-13-6-7-16(17(8-13)23(26)27)21-10-15-12(4)14(9-20)18(24)22(11(2)3)19(15)25/h6-8,10-11,25H,5H2,1-4H3. The molecule has 2 rings (SSSR count). The van der Waals surface area contributed by atoms with E-state index in [0.29, 0.717) is 12.4 Å². The molecule has 9 nitrogen and oxygen atoms in total. The Bertz CT molecular complexity index is 1050. The minimum Gasteiger partial charge on any atom is -0.494 e. The van der Waals surface area contributed by atoms with Crippen molar-refractivity contribution >= 4 is 17.6 Å². The number of aromatic nitrogens is 1. The number of nitro groups is 1. The lowest BCUT2D eigenvalue weighted by atomic mass is 10.1. The van der Waals surface area contributed by atoms with Crippen molar-refractivity contribution in [3.05, 3.63) is 55.4 Å². The Kier molecular flexibility index (Phi) is 6.15. The topological polar surface area (TPSA) is 131 Å². The lowest BCUT2D eigenvalue weighted by molar-refractivity contribution is -0.384. The Morgan fingerprint density at radius 3 is 2.68 bits per heavy atom. The van der Waals surface area contributed by atoms with Gasteiger partial charge < -0.3 is 9.84 Å². The Labute approximate surface area is 161 Å². The van der Waals surface area contributed by atoms with Crippen LogP contribution in [0.3, 0.4) is 0 Å². The monoisotopic (exact) mass is 384 g/mol. The van der Waals surface area contributed by atoms with Crippen molar-refractivity contribution in [3.63, 3.8) is 0 Å². The van der Waals surface area contributed by atoms with Crippen LogP contribution >= 0.6 is 0 Å². The van der Waals surface area contributed by atoms with Crippen molar-refractivity contribution in [3.8, 4) is 17.7 Å². The molecule has 0 spiro atoms. The number of pyridine rings is 1. The number of hydrogen-bond acceptors (Lipinski definition) is 7. The first-order valence-electron chi connectivity index (χ1n) is 8.56. The first kappa shape index (κ1) is 20.6. The largest absolute Gasteiger partial charge is 0.494 e. The quantitative estimate of drug-likeness (QED) is 0.461. The lowest BCUT2D eigenvalue weighted by Gasteiger charge is -2.16. The molecule has 2 aromatic rings. The van der Waals surface area contributed by atoms with Gasteiger partial charge in [0.05, 0.1) is 23.2 Å². The number of ether oxygens (including phenoxy) is 1. The maximum atomic E-state index is 12.4. The Hall–Kier alpha value is -3.67. The molecular weight excluding hydrogens is 364 g/mol. The van der Waals surface area contributed by atoms with Gasteiger partial charge in [0, 0.05) is 12.3 Å². The number of benzene rings is 1. The molecule has 0 saturated carbocycles. The lowest BCUT2D eigenvalue weighted by Crippen LogP contribution is -2.26. The van der Waals surface area contributed by atoms with Gasteiger partial charge in [0.25, 0.3) is 11.2 Å². The highest BCUT2D eigenvalue weighted by Crippen LogP contribution is 2.32. The fourth-order valence-corrected chi connectivity index (χ4v) is 2.72. The van der Waals surface area contributed by atoms with E-state index < -0.39 is 16.5 Å². The van der Waals surface area contributed by atoms with E-state index in [-0.39, 0.29) is 33.9 Å². The van der Waals surface area contributed by atoms with E-state index in [1.54, 1.807) is 26.8 Å². The van der Waals surface area contributed by atoms with Crippen LogP contribution in [-0.4, -0.2) is 27.4 Å². The number of hydrogen-bond donors (Lipinski definition) is 1. The zero-order valence-corrected chi connectivity index (χ0v) is 16.0. The van der Waals surface area contributed by atoms with Crippen LogP contribution < -0.4 is 10.3 Å². The zero-order chi connectivity index (χ0) is 21.0. The number of aromatic hydroxyl groups is 1. The van der Waals surface area contributed by atoms with E-state index in [0.717, 1.165) is 4.57 Å². The maximum Gasteiger partial charge on any atom is 0.298 e. The summed E-state index contributed by atoms with van der Waals surface area (Å²) in [5, 5.41) is 31.2. The summed E-state index contributed by atoms with van der Waals surface area (Å²) in [6.07, 6.45) is 1.21. The highest BCUT2D eigenvalue weighted by atomic mass is 16.6. The Balaban J connectivity index is 2.65. The molecule has 0 atom stereocenters. The molecule has 9 heteroatoms. The van der Waals surface area contributed by atoms with Gasteiger partial charge in [-0.25, -0.2) is 4.99 Å². The Morgan fingerprint density at radius 1 is 1.46 bits per heavy atom. The highest BCUT2D eigenvalue weighted by Gasteiger charge is 2.20. The predicted molar refractivity (Wildman–Crippen MR) is 104 cm³/mol. The molecule has 0 aliphatic carbocycles. The summed E-state index contributed by atoms with van der Waals surface area (Å²) in [5.74, 6) is -0.0128. The summed E-state index contributed by atoms with van der Waals surface area (Å²) in [4.78, 5) is 27.3. The van der Waals surface area contributed by atoms with Gasteiger partial charge in [0.1, 0.15) is 23.1 Å². The van der Waals surface area contributed by atoms with E-state index in [1.165, 1.54) is 25.3 Å². The van der Waals surface area contributed by atoms with Gasteiger partial charge in [0.15, 0.2) is 0 Å². The molecule has 1 N–H and O–H groups in total. The number of nitriles is 1. The minimum atomic E-state index is -0.600. The fourth-order valence-electron chi connectivity index (χ4n) is 2.72. The van der Waals surface area contributed by atoms with Gasteiger partial charge in [0.2, 0.25) is 5.88 Å². The number of nitro benzene ring substituents is 1. The van der Waals surface area contributed by atoms with Crippen LogP contribution in [0, 0.1) is 28.4 Å². The molecule has 0 radical (unpaired) electrons.